The van der Waals surface area contributed by atoms with E-state index in [-0.39, 0.29) is 30.0 Å². The molecule has 9 nitrogen and oxygen atoms in total. The maximum absolute atomic E-state index is 13.5. The van der Waals surface area contributed by atoms with Crippen LogP contribution in [0.4, 0.5) is 11.5 Å². The number of benzene rings is 1. The molecule has 3 N–H and O–H groups in total. The number of nitrogens with two attached hydrogens (primary N) is 1. The fraction of sp³-hybridized carbons (Fsp3) is 0.542. The van der Waals surface area contributed by atoms with Gasteiger partial charge >= 0.3 is 5.69 Å². The minimum absolute atomic E-state index is 0.0504. The largest absolute Gasteiger partial charge is 0.492 e. The van der Waals surface area contributed by atoms with E-state index in [4.69, 9.17) is 22.1 Å². The zero-order chi connectivity index (χ0) is 24.7. The fourth-order valence-electron chi connectivity index (χ4n) is 4.28. The number of carbonyl (C=O) groups is 1. The lowest BCUT2D eigenvalue weighted by atomic mass is 10.2. The minimum Gasteiger partial charge on any atom is -0.492 e. The van der Waals surface area contributed by atoms with Crippen LogP contribution < -0.4 is 26.6 Å². The van der Waals surface area contributed by atoms with Gasteiger partial charge in [-0.3, -0.25) is 24.0 Å². The summed E-state index contributed by atoms with van der Waals surface area (Å²) in [6, 6.07) is 7.02. The summed E-state index contributed by atoms with van der Waals surface area (Å²) in [6.07, 6.45) is 5.15. The van der Waals surface area contributed by atoms with Crippen molar-refractivity contribution >= 4 is 29.0 Å². The number of aromatic amines is 1. The second kappa shape index (κ2) is 12.1. The maximum Gasteiger partial charge on any atom is 0.330 e. The molecule has 186 valence electrons. The molecule has 1 aromatic carbocycles. The maximum atomic E-state index is 13.5. The first-order valence-electron chi connectivity index (χ1n) is 11.8. The van der Waals surface area contributed by atoms with Gasteiger partial charge in [0.2, 0.25) is 5.91 Å². The first kappa shape index (κ1) is 25.8. The first-order chi connectivity index (χ1) is 16.3. The second-order valence-corrected chi connectivity index (χ2v) is 9.18. The third kappa shape index (κ3) is 6.42. The van der Waals surface area contributed by atoms with Crippen LogP contribution in [0.5, 0.6) is 5.75 Å². The predicted molar refractivity (Wildman–Crippen MR) is 135 cm³/mol. The molecule has 3 rings (SSSR count). The molecule has 0 aliphatic heterocycles. The summed E-state index contributed by atoms with van der Waals surface area (Å²) in [5.41, 5.74) is 5.23. The van der Waals surface area contributed by atoms with Gasteiger partial charge < -0.3 is 15.4 Å². The summed E-state index contributed by atoms with van der Waals surface area (Å²) in [7, 11) is 1.82. The number of halogens is 1. The van der Waals surface area contributed by atoms with Crippen molar-refractivity contribution in [3.63, 3.8) is 0 Å². The van der Waals surface area contributed by atoms with Crippen LogP contribution in [0.1, 0.15) is 45.4 Å². The molecule has 34 heavy (non-hydrogen) atoms. The van der Waals surface area contributed by atoms with E-state index in [0.717, 1.165) is 38.5 Å². The average Bonchev–Trinajstić information content (AvgIpc) is 3.30. The number of H-pyrrole nitrogens is 1. The average molecular weight is 492 g/mol. The van der Waals surface area contributed by atoms with Gasteiger partial charge in [0.1, 0.15) is 18.2 Å². The number of hydrogen-bond donors (Lipinski definition) is 2. The molecule has 1 aromatic heterocycles. The smallest absolute Gasteiger partial charge is 0.330 e. The molecule has 1 fully saturated rings. The molecule has 0 bridgehead atoms. The van der Waals surface area contributed by atoms with Crippen LogP contribution in [0.15, 0.2) is 33.9 Å². The summed E-state index contributed by atoms with van der Waals surface area (Å²) in [4.78, 5) is 44.4. The predicted octanol–water partition coefficient (Wildman–Crippen LogP) is 2.86. The second-order valence-electron chi connectivity index (χ2n) is 8.74. The Bertz CT molecular complexity index is 1090. The molecule has 0 atom stereocenters. The van der Waals surface area contributed by atoms with E-state index >= 15 is 0 Å². The lowest BCUT2D eigenvalue weighted by molar-refractivity contribution is -0.120. The Balaban J connectivity index is 1.76. The van der Waals surface area contributed by atoms with Gasteiger partial charge in [-0.2, -0.15) is 0 Å². The fourth-order valence-corrected chi connectivity index (χ4v) is 4.46. The highest BCUT2D eigenvalue weighted by molar-refractivity contribution is 6.30. The van der Waals surface area contributed by atoms with E-state index in [9.17, 15) is 14.4 Å². The number of rotatable bonds is 11. The van der Waals surface area contributed by atoms with Crippen molar-refractivity contribution in [3.8, 4) is 5.75 Å². The van der Waals surface area contributed by atoms with Crippen molar-refractivity contribution in [3.05, 3.63) is 50.1 Å². The van der Waals surface area contributed by atoms with Crippen LogP contribution >= 0.6 is 11.6 Å². The van der Waals surface area contributed by atoms with Crippen molar-refractivity contribution in [1.29, 1.82) is 0 Å². The van der Waals surface area contributed by atoms with Gasteiger partial charge in [-0.05, 0) is 44.5 Å². The number of nitrogen functional groups attached to an aromatic ring is 1. The molecule has 0 unspecified atom stereocenters. The molecule has 1 aliphatic rings. The van der Waals surface area contributed by atoms with Gasteiger partial charge in [0.15, 0.2) is 5.69 Å². The monoisotopic (exact) mass is 491 g/mol. The molecular formula is C24H34ClN5O4. The van der Waals surface area contributed by atoms with Gasteiger partial charge in [-0.25, -0.2) is 4.79 Å². The van der Waals surface area contributed by atoms with Crippen LogP contribution in [-0.2, 0) is 11.3 Å². The molecule has 1 heterocycles. The zero-order valence-electron chi connectivity index (χ0n) is 19.9. The van der Waals surface area contributed by atoms with Crippen molar-refractivity contribution in [2.24, 2.45) is 0 Å². The Hall–Kier alpha value is -2.78. The van der Waals surface area contributed by atoms with E-state index in [0.29, 0.717) is 30.5 Å². The molecule has 0 saturated heterocycles. The van der Waals surface area contributed by atoms with E-state index in [1.54, 1.807) is 12.1 Å². The molecule has 0 radical (unpaired) electrons. The number of hydrogen-bond acceptors (Lipinski definition) is 6. The van der Waals surface area contributed by atoms with Crippen molar-refractivity contribution < 1.29 is 9.53 Å². The van der Waals surface area contributed by atoms with Crippen LogP contribution in [0.25, 0.3) is 0 Å². The van der Waals surface area contributed by atoms with Crippen LogP contribution in [0.2, 0.25) is 5.02 Å². The lowest BCUT2D eigenvalue weighted by Crippen LogP contribution is -2.49. The summed E-state index contributed by atoms with van der Waals surface area (Å²) in [5, 5.41) is 0.594. The molecule has 1 saturated carbocycles. The number of aromatic nitrogens is 2. The first-order valence-corrected chi connectivity index (χ1v) is 12.2. The van der Waals surface area contributed by atoms with E-state index in [1.807, 2.05) is 31.0 Å². The van der Waals surface area contributed by atoms with Crippen LogP contribution in [0.3, 0.4) is 0 Å². The highest BCUT2D eigenvalue weighted by atomic mass is 35.5. The number of unbranched alkanes of at least 4 members (excludes halogenated alkanes) is 1. The number of anilines is 2. The van der Waals surface area contributed by atoms with Crippen molar-refractivity contribution in [1.82, 2.24) is 14.5 Å². The van der Waals surface area contributed by atoms with E-state index in [1.165, 1.54) is 9.47 Å². The van der Waals surface area contributed by atoms with E-state index < -0.39 is 11.2 Å². The Morgan fingerprint density at radius 2 is 2.03 bits per heavy atom. The highest BCUT2D eigenvalue weighted by Gasteiger charge is 2.32. The molecule has 1 aliphatic carbocycles. The third-order valence-electron chi connectivity index (χ3n) is 6.09. The van der Waals surface area contributed by atoms with Gasteiger partial charge in [-0.15, -0.1) is 0 Å². The number of likely N-dealkylation sites (N-methyl/N-ethyl adjacent to an activating group) is 1. The van der Waals surface area contributed by atoms with Crippen LogP contribution in [-0.4, -0.2) is 53.1 Å². The topological polar surface area (TPSA) is 114 Å². The third-order valence-corrected chi connectivity index (χ3v) is 6.33. The minimum atomic E-state index is -0.623. The molecule has 0 spiro atoms. The summed E-state index contributed by atoms with van der Waals surface area (Å²) < 4.78 is 7.08. The number of carbonyl (C=O) groups excluding carboxylic acids is 1. The number of ether oxygens (including phenoxy) is 1. The van der Waals surface area contributed by atoms with E-state index in [2.05, 4.69) is 4.98 Å². The van der Waals surface area contributed by atoms with Gasteiger partial charge in [-0.1, -0.05) is 43.9 Å². The summed E-state index contributed by atoms with van der Waals surface area (Å²) in [5.74, 6) is 0.484. The molecule has 2 aromatic rings. The Morgan fingerprint density at radius 3 is 2.71 bits per heavy atom. The molecule has 10 heteroatoms. The molecular weight excluding hydrogens is 458 g/mol. The van der Waals surface area contributed by atoms with Gasteiger partial charge in [0.25, 0.3) is 5.56 Å². The van der Waals surface area contributed by atoms with Gasteiger partial charge in [0, 0.05) is 24.2 Å². The van der Waals surface area contributed by atoms with Crippen LogP contribution in [0, 0.1) is 0 Å². The number of nitrogens with one attached hydrogen (secondary N) is 1. The summed E-state index contributed by atoms with van der Waals surface area (Å²) in [6.45, 7) is 3.35. The standard InChI is InChI=1S/C24H34ClN5O4/c1-3-4-12-29-22(26)21(23(32)27-24(29)33)30(18-9-5-6-10-18)20(31)16-28(2)13-14-34-19-11-7-8-17(25)15-19/h7-8,11,15,18H,3-6,9-10,12-14,16,26H2,1-2H3,(H,27,32,33). The van der Waals surface area contributed by atoms with Crippen molar-refractivity contribution in [2.45, 2.75) is 58.0 Å². The normalized spacial score (nSPS) is 14.0. The lowest BCUT2D eigenvalue weighted by Gasteiger charge is -2.31. The number of nitrogens with zero attached hydrogens (tertiary/aromatic N) is 3. The Morgan fingerprint density at radius 1 is 1.29 bits per heavy atom. The zero-order valence-corrected chi connectivity index (χ0v) is 20.6. The quantitative estimate of drug-likeness (QED) is 0.499. The van der Waals surface area contributed by atoms with Crippen molar-refractivity contribution in [2.75, 3.05) is 37.4 Å². The molecule has 1 amide bonds. The summed E-state index contributed by atoms with van der Waals surface area (Å²) >= 11 is 5.98. The highest BCUT2D eigenvalue weighted by Crippen LogP contribution is 2.29. The SMILES string of the molecule is CCCCn1c(N)c(N(C(=O)CN(C)CCOc2cccc(Cl)c2)C2CCCC2)c(=O)[nH]c1=O. The number of amides is 1. The Kier molecular flexibility index (Phi) is 9.18. The van der Waals surface area contributed by atoms with Gasteiger partial charge in [0.05, 0.1) is 6.54 Å². The Labute approximate surface area is 204 Å².